The zero-order valence-corrected chi connectivity index (χ0v) is 13.4. The van der Waals surface area contributed by atoms with Crippen LogP contribution in [0, 0.1) is 6.92 Å². The van der Waals surface area contributed by atoms with Crippen LogP contribution in [0.25, 0.3) is 0 Å². The van der Waals surface area contributed by atoms with Gasteiger partial charge in [-0.05, 0) is 52.3 Å². The van der Waals surface area contributed by atoms with E-state index in [-0.39, 0.29) is 5.54 Å². The van der Waals surface area contributed by atoms with E-state index in [0.29, 0.717) is 0 Å². The largest absolute Gasteiger partial charge is 0.369 e. The zero-order chi connectivity index (χ0) is 14.8. The number of anilines is 1. The van der Waals surface area contributed by atoms with Gasteiger partial charge in [0.1, 0.15) is 0 Å². The summed E-state index contributed by atoms with van der Waals surface area (Å²) in [6.07, 6.45) is 0.969. The molecule has 0 saturated carbocycles. The Balaban J connectivity index is 2.10. The molecule has 3 nitrogen and oxygen atoms in total. The first-order valence-electron chi connectivity index (χ1n) is 7.71. The molecule has 0 aromatic heterocycles. The molecule has 0 bridgehead atoms. The summed E-state index contributed by atoms with van der Waals surface area (Å²) in [5.74, 6) is 0. The van der Waals surface area contributed by atoms with Crippen LogP contribution < -0.4 is 10.6 Å². The SMILES string of the molecule is Cc1ccc(N2CCN(C(C)(C)C)CC2)c(CCN)c1. The van der Waals surface area contributed by atoms with Crippen molar-refractivity contribution in [2.45, 2.75) is 39.7 Å². The molecule has 2 N–H and O–H groups in total. The van der Waals surface area contributed by atoms with Crippen molar-refractivity contribution in [1.82, 2.24) is 4.90 Å². The minimum Gasteiger partial charge on any atom is -0.369 e. The van der Waals surface area contributed by atoms with Gasteiger partial charge in [0.2, 0.25) is 0 Å². The number of nitrogens with zero attached hydrogens (tertiary/aromatic N) is 2. The Kier molecular flexibility index (Phi) is 4.71. The summed E-state index contributed by atoms with van der Waals surface area (Å²) >= 11 is 0. The van der Waals surface area contributed by atoms with E-state index in [9.17, 15) is 0 Å². The van der Waals surface area contributed by atoms with Crippen LogP contribution in [0.2, 0.25) is 0 Å². The number of benzene rings is 1. The Morgan fingerprint density at radius 1 is 1.10 bits per heavy atom. The average molecular weight is 275 g/mol. The number of hydrogen-bond acceptors (Lipinski definition) is 3. The van der Waals surface area contributed by atoms with Crippen LogP contribution in [0.4, 0.5) is 5.69 Å². The van der Waals surface area contributed by atoms with E-state index in [1.54, 1.807) is 0 Å². The number of hydrogen-bond donors (Lipinski definition) is 1. The van der Waals surface area contributed by atoms with Gasteiger partial charge in [0.25, 0.3) is 0 Å². The molecule has 0 radical (unpaired) electrons. The minimum atomic E-state index is 0.277. The molecule has 0 aliphatic carbocycles. The van der Waals surface area contributed by atoms with Crippen molar-refractivity contribution in [1.29, 1.82) is 0 Å². The summed E-state index contributed by atoms with van der Waals surface area (Å²) in [5, 5.41) is 0. The van der Waals surface area contributed by atoms with Gasteiger partial charge >= 0.3 is 0 Å². The maximum Gasteiger partial charge on any atom is 0.0400 e. The maximum atomic E-state index is 5.76. The first kappa shape index (κ1) is 15.3. The average Bonchev–Trinajstić information content (AvgIpc) is 2.38. The van der Waals surface area contributed by atoms with Gasteiger partial charge < -0.3 is 10.6 Å². The van der Waals surface area contributed by atoms with E-state index in [1.165, 1.54) is 16.8 Å². The van der Waals surface area contributed by atoms with E-state index in [0.717, 1.165) is 39.1 Å². The fourth-order valence-electron chi connectivity index (χ4n) is 3.00. The second-order valence-corrected chi connectivity index (χ2v) is 6.82. The van der Waals surface area contributed by atoms with Crippen LogP contribution in [-0.4, -0.2) is 43.2 Å². The Morgan fingerprint density at radius 2 is 1.75 bits per heavy atom. The Labute approximate surface area is 123 Å². The predicted molar refractivity (Wildman–Crippen MR) is 87.5 cm³/mol. The molecule has 1 aromatic carbocycles. The van der Waals surface area contributed by atoms with Crippen molar-refractivity contribution in [3.63, 3.8) is 0 Å². The molecule has 0 unspecified atom stereocenters. The fourth-order valence-corrected chi connectivity index (χ4v) is 3.00. The van der Waals surface area contributed by atoms with Crippen LogP contribution in [0.1, 0.15) is 31.9 Å². The van der Waals surface area contributed by atoms with Gasteiger partial charge in [0, 0.05) is 37.4 Å². The van der Waals surface area contributed by atoms with E-state index in [1.807, 2.05) is 0 Å². The van der Waals surface area contributed by atoms with Gasteiger partial charge in [0.05, 0.1) is 0 Å². The van der Waals surface area contributed by atoms with E-state index < -0.39 is 0 Å². The Morgan fingerprint density at radius 3 is 2.30 bits per heavy atom. The summed E-state index contributed by atoms with van der Waals surface area (Å²) < 4.78 is 0. The van der Waals surface area contributed by atoms with Gasteiger partial charge in [-0.3, -0.25) is 4.90 Å². The highest BCUT2D eigenvalue weighted by molar-refractivity contribution is 5.55. The highest BCUT2D eigenvalue weighted by Gasteiger charge is 2.26. The third-order valence-corrected chi connectivity index (χ3v) is 4.22. The molecule has 1 saturated heterocycles. The lowest BCUT2D eigenvalue weighted by atomic mass is 10.0. The lowest BCUT2D eigenvalue weighted by Gasteiger charge is -2.43. The minimum absolute atomic E-state index is 0.277. The third-order valence-electron chi connectivity index (χ3n) is 4.22. The van der Waals surface area contributed by atoms with E-state index in [2.05, 4.69) is 55.7 Å². The molecule has 0 atom stereocenters. The number of aryl methyl sites for hydroxylation is 1. The molecule has 2 rings (SSSR count). The summed E-state index contributed by atoms with van der Waals surface area (Å²) in [6.45, 7) is 14.3. The van der Waals surface area contributed by atoms with Crippen LogP contribution in [0.15, 0.2) is 18.2 Å². The van der Waals surface area contributed by atoms with Crippen molar-refractivity contribution in [3.05, 3.63) is 29.3 Å². The van der Waals surface area contributed by atoms with Crippen LogP contribution in [-0.2, 0) is 6.42 Å². The molecule has 3 heteroatoms. The highest BCUT2D eigenvalue weighted by Crippen LogP contribution is 2.25. The molecule has 1 aromatic rings. The van der Waals surface area contributed by atoms with Crippen molar-refractivity contribution >= 4 is 5.69 Å². The van der Waals surface area contributed by atoms with Crippen LogP contribution >= 0.6 is 0 Å². The Hall–Kier alpha value is -1.06. The van der Waals surface area contributed by atoms with Crippen LogP contribution in [0.3, 0.4) is 0 Å². The fraction of sp³-hybridized carbons (Fsp3) is 0.647. The number of piperazine rings is 1. The quantitative estimate of drug-likeness (QED) is 0.919. The molecule has 1 aliphatic heterocycles. The second-order valence-electron chi connectivity index (χ2n) is 6.82. The van der Waals surface area contributed by atoms with Crippen molar-refractivity contribution < 1.29 is 0 Å². The highest BCUT2D eigenvalue weighted by atomic mass is 15.3. The topological polar surface area (TPSA) is 32.5 Å². The van der Waals surface area contributed by atoms with Crippen molar-refractivity contribution in [2.24, 2.45) is 5.73 Å². The molecular formula is C17H29N3. The van der Waals surface area contributed by atoms with E-state index in [4.69, 9.17) is 5.73 Å². The summed E-state index contributed by atoms with van der Waals surface area (Å²) in [4.78, 5) is 5.09. The first-order valence-corrected chi connectivity index (χ1v) is 7.71. The molecule has 20 heavy (non-hydrogen) atoms. The first-order chi connectivity index (χ1) is 9.41. The summed E-state index contributed by atoms with van der Waals surface area (Å²) in [6, 6.07) is 6.77. The van der Waals surface area contributed by atoms with Gasteiger partial charge in [-0.1, -0.05) is 17.7 Å². The molecule has 1 heterocycles. The predicted octanol–water partition coefficient (Wildman–Crippen LogP) is 2.42. The lowest BCUT2D eigenvalue weighted by molar-refractivity contribution is 0.128. The van der Waals surface area contributed by atoms with Crippen molar-refractivity contribution in [3.8, 4) is 0 Å². The molecule has 0 amide bonds. The molecule has 112 valence electrons. The lowest BCUT2D eigenvalue weighted by Crippen LogP contribution is -2.53. The van der Waals surface area contributed by atoms with Gasteiger partial charge in [-0.2, -0.15) is 0 Å². The molecule has 1 fully saturated rings. The monoisotopic (exact) mass is 275 g/mol. The molecule has 0 spiro atoms. The Bertz CT molecular complexity index is 440. The van der Waals surface area contributed by atoms with Gasteiger partial charge in [-0.15, -0.1) is 0 Å². The molecule has 1 aliphatic rings. The van der Waals surface area contributed by atoms with Gasteiger partial charge in [0.15, 0.2) is 0 Å². The van der Waals surface area contributed by atoms with Gasteiger partial charge in [-0.25, -0.2) is 0 Å². The number of rotatable bonds is 3. The summed E-state index contributed by atoms with van der Waals surface area (Å²) in [7, 11) is 0. The standard InChI is InChI=1S/C17H29N3/c1-14-5-6-16(15(13-14)7-8-18)19-9-11-20(12-10-19)17(2,3)4/h5-6,13H,7-12,18H2,1-4H3. The number of nitrogens with two attached hydrogens (primary N) is 1. The van der Waals surface area contributed by atoms with Crippen molar-refractivity contribution in [2.75, 3.05) is 37.6 Å². The molecular weight excluding hydrogens is 246 g/mol. The normalized spacial score (nSPS) is 17.6. The van der Waals surface area contributed by atoms with E-state index >= 15 is 0 Å². The zero-order valence-electron chi connectivity index (χ0n) is 13.4. The smallest absolute Gasteiger partial charge is 0.0400 e. The third kappa shape index (κ3) is 3.53. The maximum absolute atomic E-state index is 5.76. The second kappa shape index (κ2) is 6.15. The van der Waals surface area contributed by atoms with Crippen LogP contribution in [0.5, 0.6) is 0 Å². The summed E-state index contributed by atoms with van der Waals surface area (Å²) in [5.41, 5.74) is 10.1.